The normalized spacial score (nSPS) is 20.8. The molecule has 1 N–H and O–H groups in total. The van der Waals surface area contributed by atoms with E-state index in [0.717, 1.165) is 19.3 Å². The quantitative estimate of drug-likeness (QED) is 0.857. The molecule has 1 aromatic rings. The van der Waals surface area contributed by atoms with Crippen LogP contribution in [0.2, 0.25) is 0 Å². The molecule has 1 aromatic carbocycles. The number of ether oxygens (including phenoxy) is 2. The maximum atomic E-state index is 14.2. The molecule has 1 saturated carbocycles. The average molecular weight is 238 g/mol. The van der Waals surface area contributed by atoms with E-state index >= 15 is 0 Å². The fraction of sp³-hybridized carbons (Fsp3) is 0.538. The van der Waals surface area contributed by atoms with Gasteiger partial charge in [-0.1, -0.05) is 6.07 Å². The number of hydrogen-bond donors (Lipinski definition) is 1. The van der Waals surface area contributed by atoms with Crippen molar-refractivity contribution in [3.05, 3.63) is 23.5 Å². The minimum Gasteiger partial charge on any atom is -0.489 e. The van der Waals surface area contributed by atoms with Gasteiger partial charge in [0.05, 0.1) is 18.8 Å². The van der Waals surface area contributed by atoms with E-state index in [9.17, 15) is 9.50 Å². The number of rotatable bonds is 2. The molecule has 3 rings (SSSR count). The summed E-state index contributed by atoms with van der Waals surface area (Å²) in [7, 11) is 0. The first kappa shape index (κ1) is 10.8. The summed E-state index contributed by atoms with van der Waals surface area (Å²) < 4.78 is 25.0. The molecule has 0 spiro atoms. The average Bonchev–Trinajstić information content (AvgIpc) is 3.06. The molecule has 1 aliphatic carbocycles. The van der Waals surface area contributed by atoms with Gasteiger partial charge in [-0.2, -0.15) is 0 Å². The van der Waals surface area contributed by atoms with E-state index in [-0.39, 0.29) is 11.6 Å². The van der Waals surface area contributed by atoms with Crippen LogP contribution in [0.25, 0.3) is 0 Å². The van der Waals surface area contributed by atoms with Gasteiger partial charge in [0.25, 0.3) is 0 Å². The summed E-state index contributed by atoms with van der Waals surface area (Å²) in [5.74, 6) is 0.278. The molecular formula is C13H15FO3. The van der Waals surface area contributed by atoms with Gasteiger partial charge in [0.15, 0.2) is 17.3 Å². The molecule has 2 aliphatic rings. The molecule has 92 valence electrons. The molecule has 1 fully saturated rings. The Morgan fingerprint density at radius 1 is 1.24 bits per heavy atom. The number of benzene rings is 1. The van der Waals surface area contributed by atoms with Crippen LogP contribution in [0.4, 0.5) is 4.39 Å². The Morgan fingerprint density at radius 3 is 2.76 bits per heavy atom. The maximum absolute atomic E-state index is 14.2. The van der Waals surface area contributed by atoms with Crippen LogP contribution in [0.5, 0.6) is 11.5 Å². The molecule has 1 heterocycles. The first-order valence-electron chi connectivity index (χ1n) is 5.97. The highest BCUT2D eigenvalue weighted by molar-refractivity contribution is 5.45. The summed E-state index contributed by atoms with van der Waals surface area (Å²) in [5.41, 5.74) is -0.185. The van der Waals surface area contributed by atoms with E-state index in [2.05, 4.69) is 0 Å². The van der Waals surface area contributed by atoms with E-state index in [1.165, 1.54) is 0 Å². The van der Waals surface area contributed by atoms with Gasteiger partial charge in [-0.15, -0.1) is 0 Å². The van der Waals surface area contributed by atoms with Crippen LogP contribution in [0.1, 0.15) is 24.8 Å². The van der Waals surface area contributed by atoms with Crippen molar-refractivity contribution >= 4 is 0 Å². The molecule has 17 heavy (non-hydrogen) atoms. The minimum absolute atomic E-state index is 0.198. The third-order valence-corrected chi connectivity index (χ3v) is 3.28. The van der Waals surface area contributed by atoms with Gasteiger partial charge in [0.2, 0.25) is 0 Å². The molecule has 1 aliphatic heterocycles. The van der Waals surface area contributed by atoms with Gasteiger partial charge >= 0.3 is 0 Å². The Bertz CT molecular complexity index is 441. The topological polar surface area (TPSA) is 38.7 Å². The lowest BCUT2D eigenvalue weighted by atomic mass is 10.1. The summed E-state index contributed by atoms with van der Waals surface area (Å²) in [5, 5.41) is 9.83. The molecule has 0 unspecified atom stereocenters. The smallest absolute Gasteiger partial charge is 0.197 e. The second-order valence-electron chi connectivity index (χ2n) is 4.82. The summed E-state index contributed by atoms with van der Waals surface area (Å²) in [4.78, 5) is 0. The molecule has 0 bridgehead atoms. The van der Waals surface area contributed by atoms with Gasteiger partial charge in [-0.25, -0.2) is 4.39 Å². The van der Waals surface area contributed by atoms with Crippen LogP contribution in [0.15, 0.2) is 12.1 Å². The van der Waals surface area contributed by atoms with Gasteiger partial charge in [-0.05, 0) is 24.5 Å². The van der Waals surface area contributed by atoms with E-state index in [0.29, 0.717) is 30.9 Å². The van der Waals surface area contributed by atoms with Crippen molar-refractivity contribution in [3.8, 4) is 11.5 Å². The highest BCUT2D eigenvalue weighted by Crippen LogP contribution is 2.41. The molecule has 0 saturated heterocycles. The maximum Gasteiger partial charge on any atom is 0.197 e. The molecule has 3 nitrogen and oxygen atoms in total. The van der Waals surface area contributed by atoms with Crippen molar-refractivity contribution in [1.29, 1.82) is 0 Å². The van der Waals surface area contributed by atoms with Crippen LogP contribution >= 0.6 is 0 Å². The lowest BCUT2D eigenvalue weighted by Gasteiger charge is -2.13. The highest BCUT2D eigenvalue weighted by Gasteiger charge is 2.41. The van der Waals surface area contributed by atoms with Crippen molar-refractivity contribution in [1.82, 2.24) is 0 Å². The fourth-order valence-corrected chi connectivity index (χ4v) is 2.05. The Hall–Kier alpha value is -1.29. The van der Waals surface area contributed by atoms with Gasteiger partial charge in [0, 0.05) is 12.8 Å². The molecular weight excluding hydrogens is 223 g/mol. The molecule has 0 amide bonds. The van der Waals surface area contributed by atoms with Crippen molar-refractivity contribution in [2.75, 3.05) is 13.2 Å². The molecule has 0 radical (unpaired) electrons. The number of halogens is 1. The van der Waals surface area contributed by atoms with E-state index in [1.54, 1.807) is 12.1 Å². The van der Waals surface area contributed by atoms with Crippen molar-refractivity contribution < 1.29 is 19.0 Å². The zero-order chi connectivity index (χ0) is 11.9. The molecule has 4 heteroatoms. The van der Waals surface area contributed by atoms with Gasteiger partial charge in [-0.3, -0.25) is 0 Å². The van der Waals surface area contributed by atoms with Crippen molar-refractivity contribution in [2.24, 2.45) is 0 Å². The second kappa shape index (κ2) is 3.88. The lowest BCUT2D eigenvalue weighted by molar-refractivity contribution is 0.149. The Morgan fingerprint density at radius 2 is 2.00 bits per heavy atom. The first-order valence-corrected chi connectivity index (χ1v) is 5.97. The standard InChI is InChI=1S/C13H15FO3/c14-11-9(8-13(15)4-5-13)2-3-10-12(11)17-7-1-6-16-10/h2-3,15H,1,4-8H2. The van der Waals surface area contributed by atoms with Crippen molar-refractivity contribution in [2.45, 2.75) is 31.3 Å². The van der Waals surface area contributed by atoms with Crippen LogP contribution in [-0.4, -0.2) is 23.9 Å². The second-order valence-corrected chi connectivity index (χ2v) is 4.82. The lowest BCUT2D eigenvalue weighted by Crippen LogP contribution is -2.12. The third kappa shape index (κ3) is 2.09. The predicted octanol–water partition coefficient (Wildman–Crippen LogP) is 2.05. The van der Waals surface area contributed by atoms with Crippen LogP contribution in [-0.2, 0) is 6.42 Å². The predicted molar refractivity (Wildman–Crippen MR) is 59.9 cm³/mol. The summed E-state index contributed by atoms with van der Waals surface area (Å²) in [6.07, 6.45) is 2.62. The first-order chi connectivity index (χ1) is 8.18. The van der Waals surface area contributed by atoms with Crippen LogP contribution in [0, 0.1) is 5.82 Å². The Labute approximate surface area is 99.2 Å². The monoisotopic (exact) mass is 238 g/mol. The highest BCUT2D eigenvalue weighted by atomic mass is 19.1. The zero-order valence-electron chi connectivity index (χ0n) is 9.54. The minimum atomic E-state index is -0.694. The molecule has 0 atom stereocenters. The van der Waals surface area contributed by atoms with Gasteiger partial charge in [0.1, 0.15) is 0 Å². The van der Waals surface area contributed by atoms with Crippen molar-refractivity contribution in [3.63, 3.8) is 0 Å². The summed E-state index contributed by atoms with van der Waals surface area (Å²) in [6, 6.07) is 3.41. The molecule has 0 aromatic heterocycles. The van der Waals surface area contributed by atoms with E-state index in [4.69, 9.17) is 9.47 Å². The van der Waals surface area contributed by atoms with Gasteiger partial charge < -0.3 is 14.6 Å². The largest absolute Gasteiger partial charge is 0.489 e. The Balaban J connectivity index is 1.93. The van der Waals surface area contributed by atoms with E-state index in [1.807, 2.05) is 0 Å². The van der Waals surface area contributed by atoms with Crippen LogP contribution in [0.3, 0.4) is 0 Å². The number of aliphatic hydroxyl groups is 1. The van der Waals surface area contributed by atoms with Crippen LogP contribution < -0.4 is 9.47 Å². The van der Waals surface area contributed by atoms with E-state index < -0.39 is 5.60 Å². The number of fused-ring (bicyclic) bond motifs is 1. The summed E-state index contributed by atoms with van der Waals surface area (Å²) in [6.45, 7) is 1.02. The fourth-order valence-electron chi connectivity index (χ4n) is 2.05. The summed E-state index contributed by atoms with van der Waals surface area (Å²) >= 11 is 0. The Kier molecular flexibility index (Phi) is 2.47. The zero-order valence-corrected chi connectivity index (χ0v) is 9.54. The third-order valence-electron chi connectivity index (χ3n) is 3.28. The number of hydrogen-bond acceptors (Lipinski definition) is 3. The SMILES string of the molecule is OC1(Cc2ccc3c(c2F)OCCCO3)CC1.